The minimum absolute atomic E-state index is 0.174. The van der Waals surface area contributed by atoms with Gasteiger partial charge in [-0.05, 0) is 25.0 Å². The fraction of sp³-hybridized carbons (Fsp3) is 0.364. The van der Waals surface area contributed by atoms with E-state index in [0.717, 1.165) is 5.75 Å². The van der Waals surface area contributed by atoms with Gasteiger partial charge in [0, 0.05) is 5.75 Å². The van der Waals surface area contributed by atoms with E-state index in [0.29, 0.717) is 0 Å². The summed E-state index contributed by atoms with van der Waals surface area (Å²) in [6.45, 7) is 4.10. The molecule has 0 bridgehead atoms. The Hall–Kier alpha value is -0.960. The molecule has 14 heavy (non-hydrogen) atoms. The van der Waals surface area contributed by atoms with Gasteiger partial charge in [0.2, 0.25) is 0 Å². The van der Waals surface area contributed by atoms with Crippen molar-refractivity contribution in [1.29, 1.82) is 0 Å². The molecule has 0 aliphatic heterocycles. The molecule has 0 saturated carbocycles. The number of hydrogen-bond donors (Lipinski definition) is 1. The molecule has 0 aliphatic carbocycles. The maximum absolute atomic E-state index is 10.3. The van der Waals surface area contributed by atoms with Gasteiger partial charge in [-0.2, -0.15) is 0 Å². The highest BCUT2D eigenvalue weighted by Crippen LogP contribution is 2.17. The van der Waals surface area contributed by atoms with E-state index < -0.39 is 5.97 Å². The summed E-state index contributed by atoms with van der Waals surface area (Å²) in [5.41, 5.74) is 3.69. The van der Waals surface area contributed by atoms with Gasteiger partial charge >= 0.3 is 5.97 Å². The molecule has 3 heteroatoms. The SMILES string of the molecule is Cc1ccc(C)c(CSCC(=O)O)c1. The van der Waals surface area contributed by atoms with Crippen LogP contribution in [0.1, 0.15) is 16.7 Å². The average molecular weight is 210 g/mol. The van der Waals surface area contributed by atoms with Crippen LogP contribution in [-0.2, 0) is 10.5 Å². The first-order valence-corrected chi connectivity index (χ1v) is 5.60. The Morgan fingerprint density at radius 2 is 2.14 bits per heavy atom. The second-order valence-electron chi connectivity index (χ2n) is 3.32. The molecule has 1 aromatic carbocycles. The largest absolute Gasteiger partial charge is 0.481 e. The minimum Gasteiger partial charge on any atom is -0.481 e. The molecule has 1 rings (SSSR count). The van der Waals surface area contributed by atoms with E-state index in [2.05, 4.69) is 25.1 Å². The summed E-state index contributed by atoms with van der Waals surface area (Å²) < 4.78 is 0. The number of hydrogen-bond acceptors (Lipinski definition) is 2. The molecule has 0 radical (unpaired) electrons. The highest BCUT2D eigenvalue weighted by molar-refractivity contribution is 7.99. The van der Waals surface area contributed by atoms with Gasteiger partial charge in [0.1, 0.15) is 0 Å². The van der Waals surface area contributed by atoms with E-state index in [1.807, 2.05) is 6.92 Å². The Labute approximate surface area is 88.3 Å². The molecular weight excluding hydrogens is 196 g/mol. The fourth-order valence-electron chi connectivity index (χ4n) is 1.20. The Bertz CT molecular complexity index is 334. The zero-order valence-electron chi connectivity index (χ0n) is 8.41. The molecule has 76 valence electrons. The molecule has 0 fully saturated rings. The number of benzene rings is 1. The van der Waals surface area contributed by atoms with Crippen molar-refractivity contribution < 1.29 is 9.90 Å². The maximum Gasteiger partial charge on any atom is 0.313 e. The monoisotopic (exact) mass is 210 g/mol. The Morgan fingerprint density at radius 1 is 1.43 bits per heavy atom. The smallest absolute Gasteiger partial charge is 0.313 e. The second kappa shape index (κ2) is 5.05. The van der Waals surface area contributed by atoms with Gasteiger partial charge in [-0.15, -0.1) is 11.8 Å². The van der Waals surface area contributed by atoms with E-state index in [-0.39, 0.29) is 5.75 Å². The van der Waals surface area contributed by atoms with Crippen LogP contribution in [0, 0.1) is 13.8 Å². The van der Waals surface area contributed by atoms with Gasteiger partial charge in [0.05, 0.1) is 5.75 Å². The van der Waals surface area contributed by atoms with Crippen LogP contribution in [0.3, 0.4) is 0 Å². The Kier molecular flexibility index (Phi) is 4.01. The van der Waals surface area contributed by atoms with Crippen LogP contribution >= 0.6 is 11.8 Å². The topological polar surface area (TPSA) is 37.3 Å². The molecule has 1 aromatic rings. The first-order valence-electron chi connectivity index (χ1n) is 4.45. The highest BCUT2D eigenvalue weighted by Gasteiger charge is 2.01. The van der Waals surface area contributed by atoms with Crippen molar-refractivity contribution in [2.24, 2.45) is 0 Å². The predicted molar refractivity (Wildman–Crippen MR) is 59.7 cm³/mol. The average Bonchev–Trinajstić information content (AvgIpc) is 2.10. The van der Waals surface area contributed by atoms with Gasteiger partial charge in [-0.1, -0.05) is 23.8 Å². The molecule has 0 heterocycles. The van der Waals surface area contributed by atoms with Crippen molar-refractivity contribution in [3.63, 3.8) is 0 Å². The van der Waals surface area contributed by atoms with E-state index in [9.17, 15) is 4.79 Å². The predicted octanol–water partition coefficient (Wildman–Crippen LogP) is 2.62. The first-order chi connectivity index (χ1) is 6.59. The highest BCUT2D eigenvalue weighted by atomic mass is 32.2. The Morgan fingerprint density at radius 3 is 2.79 bits per heavy atom. The zero-order valence-corrected chi connectivity index (χ0v) is 9.23. The molecule has 0 aromatic heterocycles. The van der Waals surface area contributed by atoms with Crippen molar-refractivity contribution in [2.75, 3.05) is 5.75 Å². The van der Waals surface area contributed by atoms with E-state index in [1.165, 1.54) is 28.5 Å². The van der Waals surface area contributed by atoms with Crippen LogP contribution in [0.5, 0.6) is 0 Å². The van der Waals surface area contributed by atoms with Crippen LogP contribution in [0.15, 0.2) is 18.2 Å². The summed E-state index contributed by atoms with van der Waals surface area (Å²) in [5.74, 6) is 0.202. The molecule has 1 N–H and O–H groups in total. The fourth-order valence-corrected chi connectivity index (χ4v) is 2.01. The zero-order chi connectivity index (χ0) is 10.6. The number of aryl methyl sites for hydroxylation is 2. The number of carboxylic acid groups (broad SMARTS) is 1. The molecular formula is C11H14O2S. The lowest BCUT2D eigenvalue weighted by atomic mass is 10.1. The summed E-state index contributed by atoms with van der Waals surface area (Å²) in [5, 5.41) is 8.49. The number of rotatable bonds is 4. The van der Waals surface area contributed by atoms with Gasteiger partial charge < -0.3 is 5.11 Å². The van der Waals surface area contributed by atoms with Crippen molar-refractivity contribution in [3.8, 4) is 0 Å². The summed E-state index contributed by atoms with van der Waals surface area (Å²) in [7, 11) is 0. The molecule has 0 saturated heterocycles. The van der Waals surface area contributed by atoms with Crippen LogP contribution in [0.2, 0.25) is 0 Å². The number of carbonyl (C=O) groups is 1. The number of aliphatic carboxylic acids is 1. The number of thioether (sulfide) groups is 1. The van der Waals surface area contributed by atoms with Gasteiger partial charge in [0.15, 0.2) is 0 Å². The van der Waals surface area contributed by atoms with Crippen molar-refractivity contribution in [1.82, 2.24) is 0 Å². The van der Waals surface area contributed by atoms with Crippen LogP contribution in [-0.4, -0.2) is 16.8 Å². The molecule has 0 amide bonds. The molecule has 0 unspecified atom stereocenters. The van der Waals surface area contributed by atoms with Gasteiger partial charge in [-0.3, -0.25) is 4.79 Å². The van der Waals surface area contributed by atoms with Crippen LogP contribution in [0.4, 0.5) is 0 Å². The minimum atomic E-state index is -0.750. The third-order valence-electron chi connectivity index (χ3n) is 1.99. The van der Waals surface area contributed by atoms with Crippen molar-refractivity contribution in [2.45, 2.75) is 19.6 Å². The molecule has 2 nitrogen and oxygen atoms in total. The van der Waals surface area contributed by atoms with E-state index in [4.69, 9.17) is 5.11 Å². The van der Waals surface area contributed by atoms with E-state index in [1.54, 1.807) is 0 Å². The lowest BCUT2D eigenvalue weighted by Gasteiger charge is -2.05. The van der Waals surface area contributed by atoms with Gasteiger partial charge in [0.25, 0.3) is 0 Å². The van der Waals surface area contributed by atoms with Crippen molar-refractivity contribution >= 4 is 17.7 Å². The third-order valence-corrected chi connectivity index (χ3v) is 2.95. The first kappa shape index (κ1) is 11.1. The number of carboxylic acids is 1. The summed E-state index contributed by atoms with van der Waals surface area (Å²) in [6.07, 6.45) is 0. The Balaban J connectivity index is 2.57. The lowest BCUT2D eigenvalue weighted by Crippen LogP contribution is -1.98. The normalized spacial score (nSPS) is 10.1. The van der Waals surface area contributed by atoms with Crippen LogP contribution < -0.4 is 0 Å². The standard InChI is InChI=1S/C11H14O2S/c1-8-3-4-9(2)10(5-8)6-14-7-11(12)13/h3-5H,6-7H2,1-2H3,(H,12,13). The molecule has 0 aliphatic rings. The van der Waals surface area contributed by atoms with Gasteiger partial charge in [-0.25, -0.2) is 0 Å². The quantitative estimate of drug-likeness (QED) is 0.830. The lowest BCUT2D eigenvalue weighted by molar-refractivity contribution is -0.133. The van der Waals surface area contributed by atoms with Crippen LogP contribution in [0.25, 0.3) is 0 Å². The third kappa shape index (κ3) is 3.42. The summed E-state index contributed by atoms with van der Waals surface area (Å²) in [6, 6.07) is 6.26. The molecule has 0 atom stereocenters. The molecule has 0 spiro atoms. The summed E-state index contributed by atoms with van der Waals surface area (Å²) >= 11 is 1.44. The maximum atomic E-state index is 10.3. The summed E-state index contributed by atoms with van der Waals surface area (Å²) in [4.78, 5) is 10.3. The van der Waals surface area contributed by atoms with Crippen molar-refractivity contribution in [3.05, 3.63) is 34.9 Å². The van der Waals surface area contributed by atoms with E-state index >= 15 is 0 Å². The second-order valence-corrected chi connectivity index (χ2v) is 4.30.